The predicted octanol–water partition coefficient (Wildman–Crippen LogP) is 2.09. The molecule has 1 atom stereocenters. The molecule has 1 heterocycles. The van der Waals surface area contributed by atoms with Gasteiger partial charge >= 0.3 is 6.03 Å². The number of nitrogens with zero attached hydrogens (tertiary/aromatic N) is 1. The molecule has 2 N–H and O–H groups in total. The van der Waals surface area contributed by atoms with E-state index >= 15 is 0 Å². The average molecular weight is 387 g/mol. The highest BCUT2D eigenvalue weighted by molar-refractivity contribution is 6.09. The number of rotatable bonds is 6. The summed E-state index contributed by atoms with van der Waals surface area (Å²) in [7, 11) is 0. The van der Waals surface area contributed by atoms with E-state index in [0.717, 1.165) is 23.8 Å². The fraction of sp³-hybridized carbons (Fsp3) is 0.250. The first kappa shape index (κ1) is 19.5. The molecule has 2 aromatic carbocycles. The van der Waals surface area contributed by atoms with Crippen LogP contribution in [0.25, 0.3) is 0 Å². The molecule has 1 aliphatic heterocycles. The molecular weight excluding hydrogens is 368 g/mol. The Hall–Kier alpha value is -3.29. The lowest BCUT2D eigenvalue weighted by Gasteiger charge is -2.22. The molecule has 0 aliphatic carbocycles. The monoisotopic (exact) mass is 387 g/mol. The van der Waals surface area contributed by atoms with Gasteiger partial charge in [0.1, 0.15) is 23.7 Å². The van der Waals surface area contributed by atoms with Crippen molar-refractivity contribution in [1.82, 2.24) is 15.5 Å². The summed E-state index contributed by atoms with van der Waals surface area (Å²) < 4.78 is 27.6. The predicted molar refractivity (Wildman–Crippen MR) is 97.1 cm³/mol. The van der Waals surface area contributed by atoms with Crippen LogP contribution in [0.2, 0.25) is 0 Å². The Bertz CT molecular complexity index is 920. The number of halogens is 2. The van der Waals surface area contributed by atoms with Gasteiger partial charge in [-0.3, -0.25) is 14.5 Å². The van der Waals surface area contributed by atoms with Crippen LogP contribution in [0.15, 0.2) is 48.5 Å². The Balaban J connectivity index is 1.65. The standard InChI is InChI=1S/C20H19F2N3O3/c1-20(15-11-14(21)7-8-16(15)22)18(27)25(19(28)24-20)12-17(26)23-10-9-13-5-3-2-4-6-13/h2-8,11H,9-10,12H2,1H3,(H,23,26)(H,24,28)/t20-/m0/s1. The van der Waals surface area contributed by atoms with Gasteiger partial charge in [-0.05, 0) is 37.1 Å². The third-order valence-electron chi connectivity index (χ3n) is 4.62. The molecule has 0 aromatic heterocycles. The maximum absolute atomic E-state index is 14.1. The number of hydrogen-bond donors (Lipinski definition) is 2. The number of benzene rings is 2. The summed E-state index contributed by atoms with van der Waals surface area (Å²) in [5.41, 5.74) is -1.04. The Morgan fingerprint density at radius 3 is 2.57 bits per heavy atom. The number of imide groups is 1. The zero-order valence-electron chi connectivity index (χ0n) is 15.2. The highest BCUT2D eigenvalue weighted by atomic mass is 19.1. The Morgan fingerprint density at radius 1 is 1.14 bits per heavy atom. The minimum absolute atomic E-state index is 0.294. The van der Waals surface area contributed by atoms with Crippen molar-refractivity contribution >= 4 is 17.8 Å². The second-order valence-electron chi connectivity index (χ2n) is 6.66. The maximum atomic E-state index is 14.1. The molecule has 2 aromatic rings. The van der Waals surface area contributed by atoms with Crippen LogP contribution in [-0.2, 0) is 21.5 Å². The lowest BCUT2D eigenvalue weighted by Crippen LogP contribution is -2.44. The van der Waals surface area contributed by atoms with E-state index in [4.69, 9.17) is 0 Å². The molecule has 1 saturated heterocycles. The molecule has 8 heteroatoms. The number of urea groups is 1. The number of nitrogens with one attached hydrogen (secondary N) is 2. The van der Waals surface area contributed by atoms with Crippen LogP contribution in [-0.4, -0.2) is 35.8 Å². The fourth-order valence-corrected chi connectivity index (χ4v) is 3.09. The summed E-state index contributed by atoms with van der Waals surface area (Å²) in [6.45, 7) is 1.10. The topological polar surface area (TPSA) is 78.5 Å². The molecule has 6 nitrogen and oxygen atoms in total. The van der Waals surface area contributed by atoms with E-state index in [1.807, 2.05) is 30.3 Å². The van der Waals surface area contributed by atoms with E-state index in [1.54, 1.807) is 0 Å². The highest BCUT2D eigenvalue weighted by Crippen LogP contribution is 2.31. The molecule has 1 fully saturated rings. The minimum atomic E-state index is -1.78. The maximum Gasteiger partial charge on any atom is 0.325 e. The van der Waals surface area contributed by atoms with Crippen LogP contribution < -0.4 is 10.6 Å². The summed E-state index contributed by atoms with van der Waals surface area (Å²) in [6, 6.07) is 11.3. The average Bonchev–Trinajstić information content (AvgIpc) is 2.88. The SMILES string of the molecule is C[C@@]1(c2cc(F)ccc2F)NC(=O)N(CC(=O)NCCc2ccccc2)C1=O. The second-order valence-corrected chi connectivity index (χ2v) is 6.66. The van der Waals surface area contributed by atoms with Gasteiger partial charge in [0.25, 0.3) is 5.91 Å². The van der Waals surface area contributed by atoms with Gasteiger partial charge in [0, 0.05) is 12.1 Å². The van der Waals surface area contributed by atoms with Gasteiger partial charge < -0.3 is 10.6 Å². The molecule has 3 rings (SSSR count). The first-order valence-corrected chi connectivity index (χ1v) is 8.71. The van der Waals surface area contributed by atoms with Crippen molar-refractivity contribution < 1.29 is 23.2 Å². The van der Waals surface area contributed by atoms with Crippen LogP contribution in [0.1, 0.15) is 18.1 Å². The first-order valence-electron chi connectivity index (χ1n) is 8.71. The van der Waals surface area contributed by atoms with Crippen molar-refractivity contribution in [2.45, 2.75) is 18.9 Å². The van der Waals surface area contributed by atoms with Crippen molar-refractivity contribution in [1.29, 1.82) is 0 Å². The number of carbonyl (C=O) groups excluding carboxylic acids is 3. The Morgan fingerprint density at radius 2 is 1.86 bits per heavy atom. The van der Waals surface area contributed by atoms with Gasteiger partial charge in [-0.2, -0.15) is 0 Å². The van der Waals surface area contributed by atoms with Gasteiger partial charge in [0.2, 0.25) is 5.91 Å². The largest absolute Gasteiger partial charge is 0.354 e. The lowest BCUT2D eigenvalue weighted by atomic mass is 9.91. The molecule has 28 heavy (non-hydrogen) atoms. The van der Waals surface area contributed by atoms with E-state index in [9.17, 15) is 23.2 Å². The van der Waals surface area contributed by atoms with Crippen LogP contribution in [0, 0.1) is 11.6 Å². The van der Waals surface area contributed by atoms with E-state index in [-0.39, 0.29) is 5.56 Å². The normalized spacial score (nSPS) is 18.9. The molecule has 0 radical (unpaired) electrons. The molecule has 0 saturated carbocycles. The summed E-state index contributed by atoms with van der Waals surface area (Å²) in [4.78, 5) is 37.7. The van der Waals surface area contributed by atoms with Gasteiger partial charge in [0.05, 0.1) is 0 Å². The first-order chi connectivity index (χ1) is 13.3. The summed E-state index contributed by atoms with van der Waals surface area (Å²) in [5.74, 6) is -2.91. The van der Waals surface area contributed by atoms with Crippen LogP contribution >= 0.6 is 0 Å². The fourth-order valence-electron chi connectivity index (χ4n) is 3.09. The second kappa shape index (κ2) is 7.75. The minimum Gasteiger partial charge on any atom is -0.354 e. The van der Waals surface area contributed by atoms with Crippen LogP contribution in [0.5, 0.6) is 0 Å². The third-order valence-corrected chi connectivity index (χ3v) is 4.62. The Labute approximate surface area is 160 Å². The van der Waals surface area contributed by atoms with E-state index < -0.39 is 41.6 Å². The molecule has 146 valence electrons. The van der Waals surface area contributed by atoms with Gasteiger partial charge in [-0.15, -0.1) is 0 Å². The molecular formula is C20H19F2N3O3. The number of amides is 4. The lowest BCUT2D eigenvalue weighted by molar-refractivity contribution is -0.134. The summed E-state index contributed by atoms with van der Waals surface area (Å²) in [5, 5.41) is 4.99. The molecule has 4 amide bonds. The number of hydrogen-bond acceptors (Lipinski definition) is 3. The quantitative estimate of drug-likeness (QED) is 0.745. The number of carbonyl (C=O) groups is 3. The van der Waals surface area contributed by atoms with Crippen molar-refractivity contribution in [2.24, 2.45) is 0 Å². The summed E-state index contributed by atoms with van der Waals surface area (Å²) in [6.07, 6.45) is 0.596. The zero-order valence-corrected chi connectivity index (χ0v) is 15.2. The summed E-state index contributed by atoms with van der Waals surface area (Å²) >= 11 is 0. The molecule has 0 spiro atoms. The third kappa shape index (κ3) is 3.85. The van der Waals surface area contributed by atoms with Crippen LogP contribution in [0.3, 0.4) is 0 Å². The van der Waals surface area contributed by atoms with E-state index in [2.05, 4.69) is 10.6 Å². The van der Waals surface area contributed by atoms with Gasteiger partial charge in [0.15, 0.2) is 0 Å². The Kier molecular flexibility index (Phi) is 5.39. The smallest absolute Gasteiger partial charge is 0.325 e. The van der Waals surface area contributed by atoms with E-state index in [1.165, 1.54) is 6.92 Å². The molecule has 0 unspecified atom stereocenters. The van der Waals surface area contributed by atoms with Gasteiger partial charge in [-0.1, -0.05) is 30.3 Å². The zero-order chi connectivity index (χ0) is 20.3. The van der Waals surface area contributed by atoms with Crippen LogP contribution in [0.4, 0.5) is 13.6 Å². The van der Waals surface area contributed by atoms with Gasteiger partial charge in [-0.25, -0.2) is 13.6 Å². The van der Waals surface area contributed by atoms with E-state index in [0.29, 0.717) is 17.9 Å². The highest BCUT2D eigenvalue weighted by Gasteiger charge is 2.50. The molecule has 1 aliphatic rings. The van der Waals surface area contributed by atoms with Crippen molar-refractivity contribution in [3.05, 3.63) is 71.3 Å². The van der Waals surface area contributed by atoms with Crippen molar-refractivity contribution in [2.75, 3.05) is 13.1 Å². The van der Waals surface area contributed by atoms with Crippen molar-refractivity contribution in [3.63, 3.8) is 0 Å². The van der Waals surface area contributed by atoms with Crippen molar-refractivity contribution in [3.8, 4) is 0 Å². The molecule has 0 bridgehead atoms.